The largest absolute Gasteiger partial charge is 0.490 e. The van der Waals surface area contributed by atoms with Gasteiger partial charge in [0, 0.05) is 22.8 Å². The zero-order valence-corrected chi connectivity index (χ0v) is 17.3. The first-order valence-corrected chi connectivity index (χ1v) is 9.87. The van der Waals surface area contributed by atoms with Crippen LogP contribution in [0.1, 0.15) is 29.2 Å². The number of anilines is 1. The van der Waals surface area contributed by atoms with Crippen molar-refractivity contribution in [2.24, 2.45) is 0 Å². The average molecular weight is 396 g/mol. The van der Waals surface area contributed by atoms with Crippen molar-refractivity contribution < 1.29 is 9.47 Å². The molecule has 0 amide bonds. The number of hydrogen-bond donors (Lipinski definition) is 1. The minimum Gasteiger partial charge on any atom is -0.490 e. The Balaban J connectivity index is 1.69. The summed E-state index contributed by atoms with van der Waals surface area (Å²) in [6.45, 7) is 7.91. The number of benzene rings is 3. The van der Waals surface area contributed by atoms with Gasteiger partial charge in [0.05, 0.1) is 6.61 Å². The molecule has 0 fully saturated rings. The fraction of sp³-hybridized carbons (Fsp3) is 0.250. The van der Waals surface area contributed by atoms with Gasteiger partial charge in [0.25, 0.3) is 0 Å². The second-order valence-electron chi connectivity index (χ2n) is 6.75. The van der Waals surface area contributed by atoms with E-state index in [1.54, 1.807) is 0 Å². The molecule has 0 saturated carbocycles. The number of rotatable bonds is 8. The lowest BCUT2D eigenvalue weighted by molar-refractivity contribution is 0.269. The maximum atomic E-state index is 6.22. The molecule has 0 heterocycles. The average Bonchev–Trinajstić information content (AvgIpc) is 2.69. The van der Waals surface area contributed by atoms with Crippen LogP contribution in [0.4, 0.5) is 5.69 Å². The van der Waals surface area contributed by atoms with E-state index in [4.69, 9.17) is 21.1 Å². The van der Waals surface area contributed by atoms with Crippen LogP contribution in [0.25, 0.3) is 0 Å². The highest BCUT2D eigenvalue weighted by Gasteiger charge is 2.08. The van der Waals surface area contributed by atoms with E-state index in [1.807, 2.05) is 43.3 Å². The van der Waals surface area contributed by atoms with Gasteiger partial charge in [0.1, 0.15) is 6.61 Å². The molecule has 1 N–H and O–H groups in total. The quantitative estimate of drug-likeness (QED) is 0.469. The topological polar surface area (TPSA) is 30.5 Å². The van der Waals surface area contributed by atoms with Gasteiger partial charge in [-0.2, -0.15) is 0 Å². The first-order valence-electron chi connectivity index (χ1n) is 9.50. The SMILES string of the molecule is CCOc1cc(CNc2ccc(C)c(C)c2)ccc1OCc1ccccc1Cl. The molecule has 3 rings (SSSR count). The third-order valence-electron chi connectivity index (χ3n) is 4.65. The number of aryl methyl sites for hydroxylation is 2. The molecule has 28 heavy (non-hydrogen) atoms. The van der Waals surface area contributed by atoms with Crippen LogP contribution in [0.3, 0.4) is 0 Å². The number of ether oxygens (including phenoxy) is 2. The van der Waals surface area contributed by atoms with E-state index in [2.05, 4.69) is 43.4 Å². The Morgan fingerprint density at radius 2 is 1.68 bits per heavy atom. The van der Waals surface area contributed by atoms with Gasteiger partial charge in [-0.25, -0.2) is 0 Å². The van der Waals surface area contributed by atoms with Crippen LogP contribution >= 0.6 is 11.6 Å². The van der Waals surface area contributed by atoms with E-state index in [0.717, 1.165) is 28.3 Å². The van der Waals surface area contributed by atoms with E-state index >= 15 is 0 Å². The van der Waals surface area contributed by atoms with Crippen molar-refractivity contribution in [1.82, 2.24) is 0 Å². The molecule has 0 aromatic heterocycles. The minimum absolute atomic E-state index is 0.403. The van der Waals surface area contributed by atoms with Crippen molar-refractivity contribution in [3.63, 3.8) is 0 Å². The van der Waals surface area contributed by atoms with Gasteiger partial charge in [-0.15, -0.1) is 0 Å². The predicted molar refractivity (Wildman–Crippen MR) is 117 cm³/mol. The van der Waals surface area contributed by atoms with Crippen molar-refractivity contribution in [1.29, 1.82) is 0 Å². The number of nitrogens with one attached hydrogen (secondary N) is 1. The summed E-state index contributed by atoms with van der Waals surface area (Å²) in [6, 6.07) is 20.1. The molecule has 0 saturated heterocycles. The smallest absolute Gasteiger partial charge is 0.161 e. The van der Waals surface area contributed by atoms with E-state index in [-0.39, 0.29) is 0 Å². The minimum atomic E-state index is 0.403. The Kier molecular flexibility index (Phi) is 6.83. The van der Waals surface area contributed by atoms with Gasteiger partial charge in [0.15, 0.2) is 11.5 Å². The Morgan fingerprint density at radius 1 is 0.857 bits per heavy atom. The molecule has 0 atom stereocenters. The van der Waals surface area contributed by atoms with Crippen LogP contribution in [-0.2, 0) is 13.2 Å². The summed E-state index contributed by atoms with van der Waals surface area (Å²) in [4.78, 5) is 0. The van der Waals surface area contributed by atoms with Crippen molar-refractivity contribution >= 4 is 17.3 Å². The highest BCUT2D eigenvalue weighted by atomic mass is 35.5. The molecule has 0 aliphatic heterocycles. The van der Waals surface area contributed by atoms with Crippen LogP contribution in [0.15, 0.2) is 60.7 Å². The molecule has 3 nitrogen and oxygen atoms in total. The molecular formula is C24H26ClNO2. The predicted octanol–water partition coefficient (Wildman–Crippen LogP) is 6.55. The summed E-state index contributed by atoms with van der Waals surface area (Å²) in [7, 11) is 0. The van der Waals surface area contributed by atoms with Gasteiger partial charge in [0.2, 0.25) is 0 Å². The third kappa shape index (κ3) is 5.20. The maximum Gasteiger partial charge on any atom is 0.161 e. The third-order valence-corrected chi connectivity index (χ3v) is 5.02. The Morgan fingerprint density at radius 3 is 2.43 bits per heavy atom. The lowest BCUT2D eigenvalue weighted by atomic mass is 10.1. The molecule has 3 aromatic rings. The van der Waals surface area contributed by atoms with Gasteiger partial charge >= 0.3 is 0 Å². The Hall–Kier alpha value is -2.65. The van der Waals surface area contributed by atoms with Crippen molar-refractivity contribution in [2.75, 3.05) is 11.9 Å². The van der Waals surface area contributed by atoms with E-state index in [1.165, 1.54) is 11.1 Å². The summed E-state index contributed by atoms with van der Waals surface area (Å²) < 4.78 is 11.8. The lowest BCUT2D eigenvalue weighted by Gasteiger charge is -2.15. The van der Waals surface area contributed by atoms with Crippen LogP contribution < -0.4 is 14.8 Å². The molecule has 3 aromatic carbocycles. The van der Waals surface area contributed by atoms with Gasteiger partial charge in [-0.1, -0.05) is 41.9 Å². The van der Waals surface area contributed by atoms with Gasteiger partial charge < -0.3 is 14.8 Å². The molecule has 0 unspecified atom stereocenters. The normalized spacial score (nSPS) is 10.6. The standard InChI is InChI=1S/C24H26ClNO2/c1-4-27-24-14-19(15-26-21-11-9-17(2)18(3)13-21)10-12-23(24)28-16-20-7-5-6-8-22(20)25/h5-14,26H,4,15-16H2,1-3H3. The zero-order chi connectivity index (χ0) is 19.9. The van der Waals surface area contributed by atoms with E-state index in [0.29, 0.717) is 24.8 Å². The fourth-order valence-electron chi connectivity index (χ4n) is 2.88. The van der Waals surface area contributed by atoms with Crippen LogP contribution in [0, 0.1) is 13.8 Å². The highest BCUT2D eigenvalue weighted by molar-refractivity contribution is 6.31. The van der Waals surface area contributed by atoms with Crippen LogP contribution in [0.2, 0.25) is 5.02 Å². The summed E-state index contributed by atoms with van der Waals surface area (Å²) in [6.07, 6.45) is 0. The van der Waals surface area contributed by atoms with E-state index in [9.17, 15) is 0 Å². The molecule has 0 aliphatic rings. The van der Waals surface area contributed by atoms with Crippen molar-refractivity contribution in [3.8, 4) is 11.5 Å². The monoisotopic (exact) mass is 395 g/mol. The van der Waals surface area contributed by atoms with Crippen LogP contribution in [-0.4, -0.2) is 6.61 Å². The summed E-state index contributed by atoms with van der Waals surface area (Å²) in [5.74, 6) is 1.46. The maximum absolute atomic E-state index is 6.22. The van der Waals surface area contributed by atoms with E-state index < -0.39 is 0 Å². The van der Waals surface area contributed by atoms with Crippen molar-refractivity contribution in [3.05, 3.63) is 87.9 Å². The lowest BCUT2D eigenvalue weighted by Crippen LogP contribution is -2.03. The number of halogens is 1. The summed E-state index contributed by atoms with van der Waals surface area (Å²) in [5.41, 5.74) is 5.77. The first kappa shape index (κ1) is 20.1. The molecule has 146 valence electrons. The number of hydrogen-bond acceptors (Lipinski definition) is 3. The first-order chi connectivity index (χ1) is 13.6. The summed E-state index contributed by atoms with van der Waals surface area (Å²) in [5, 5.41) is 4.17. The zero-order valence-electron chi connectivity index (χ0n) is 16.6. The highest BCUT2D eigenvalue weighted by Crippen LogP contribution is 2.30. The molecule has 0 aliphatic carbocycles. The van der Waals surface area contributed by atoms with Gasteiger partial charge in [-0.3, -0.25) is 0 Å². The molecule has 4 heteroatoms. The fourth-order valence-corrected chi connectivity index (χ4v) is 3.07. The molecule has 0 radical (unpaired) electrons. The van der Waals surface area contributed by atoms with Gasteiger partial charge in [-0.05, 0) is 67.8 Å². The second-order valence-corrected chi connectivity index (χ2v) is 7.15. The second kappa shape index (κ2) is 9.52. The van der Waals surface area contributed by atoms with Crippen LogP contribution in [0.5, 0.6) is 11.5 Å². The Bertz CT molecular complexity index is 940. The Labute approximate surface area is 172 Å². The molecule has 0 spiro atoms. The molecular weight excluding hydrogens is 370 g/mol. The van der Waals surface area contributed by atoms with Crippen molar-refractivity contribution in [2.45, 2.75) is 33.9 Å². The molecule has 0 bridgehead atoms. The summed E-state index contributed by atoms with van der Waals surface area (Å²) >= 11 is 6.22.